The molecule has 0 spiro atoms. The lowest BCUT2D eigenvalue weighted by molar-refractivity contribution is -0.114. The number of rotatable bonds is 6. The van der Waals surface area contributed by atoms with Crippen LogP contribution < -0.4 is 0 Å². The van der Waals surface area contributed by atoms with Crippen LogP contribution in [0.15, 0.2) is 0 Å². The number of aliphatic hydroxyl groups excluding tert-OH is 1. The van der Waals surface area contributed by atoms with Gasteiger partial charge in [0.25, 0.3) is 0 Å². The molecule has 0 aromatic rings. The summed E-state index contributed by atoms with van der Waals surface area (Å²) in [6, 6.07) is 0. The Morgan fingerprint density at radius 1 is 1.23 bits per heavy atom. The Balaban J connectivity index is 1.41. The molecule has 2 aliphatic carbocycles. The number of β-amino-alcohol motifs (C(OH)–C–C–N with tert-alkyl or cyclic N) is 1. The molecule has 1 saturated heterocycles. The first-order chi connectivity index (χ1) is 12.3. The predicted octanol–water partition coefficient (Wildman–Crippen LogP) is 2.35. The largest absolute Gasteiger partial charge is 0.450 e. The van der Waals surface area contributed by atoms with Crippen LogP contribution in [0.3, 0.4) is 0 Å². The van der Waals surface area contributed by atoms with E-state index in [2.05, 4.69) is 25.7 Å². The minimum Gasteiger partial charge on any atom is -0.450 e. The standard InChI is InChI=1S/C20H36N2O4/c1-5-25-18(24)22-10-8-21(9-11-22)13-16(23)14-26-17-19(2,3)15-6-7-20(17,4)12-15/h15-17,23H,5-14H2,1-4H3/t15-,16-,17+,20-/m1/s1. The Hall–Kier alpha value is -0.850. The number of amides is 1. The first-order valence-electron chi connectivity index (χ1n) is 10.2. The van der Waals surface area contributed by atoms with Crippen molar-refractivity contribution in [3.05, 3.63) is 0 Å². The molecule has 3 fully saturated rings. The van der Waals surface area contributed by atoms with Crippen LogP contribution in [-0.2, 0) is 9.47 Å². The molecule has 0 radical (unpaired) electrons. The fraction of sp³-hybridized carbons (Fsp3) is 0.950. The molecule has 0 aromatic heterocycles. The Kier molecular flexibility index (Phi) is 5.85. The molecule has 26 heavy (non-hydrogen) atoms. The van der Waals surface area contributed by atoms with Crippen LogP contribution in [0.4, 0.5) is 4.79 Å². The number of hydrogen-bond donors (Lipinski definition) is 1. The van der Waals surface area contributed by atoms with E-state index in [0.717, 1.165) is 19.0 Å². The van der Waals surface area contributed by atoms with Crippen molar-refractivity contribution in [2.45, 2.75) is 59.2 Å². The topological polar surface area (TPSA) is 62.2 Å². The quantitative estimate of drug-likeness (QED) is 0.780. The van der Waals surface area contributed by atoms with Crippen LogP contribution in [0.2, 0.25) is 0 Å². The van der Waals surface area contributed by atoms with E-state index in [-0.39, 0.29) is 23.0 Å². The smallest absolute Gasteiger partial charge is 0.409 e. The molecule has 2 saturated carbocycles. The number of hydrogen-bond acceptors (Lipinski definition) is 5. The van der Waals surface area contributed by atoms with Crippen molar-refractivity contribution in [2.24, 2.45) is 16.7 Å². The van der Waals surface area contributed by atoms with E-state index in [1.54, 1.807) is 4.90 Å². The number of nitrogens with zero attached hydrogens (tertiary/aromatic N) is 2. The van der Waals surface area contributed by atoms with Gasteiger partial charge in [0.15, 0.2) is 0 Å². The molecule has 4 atom stereocenters. The van der Waals surface area contributed by atoms with Crippen LogP contribution in [0.1, 0.15) is 47.0 Å². The van der Waals surface area contributed by atoms with Gasteiger partial charge in [0.05, 0.1) is 25.4 Å². The number of ether oxygens (including phenoxy) is 2. The minimum atomic E-state index is -0.484. The van der Waals surface area contributed by atoms with Crippen molar-refractivity contribution < 1.29 is 19.4 Å². The summed E-state index contributed by atoms with van der Waals surface area (Å²) in [5, 5.41) is 10.5. The third-order valence-corrected chi connectivity index (χ3v) is 6.96. The maximum absolute atomic E-state index is 11.7. The summed E-state index contributed by atoms with van der Waals surface area (Å²) >= 11 is 0. The molecule has 3 rings (SSSR count). The fourth-order valence-electron chi connectivity index (χ4n) is 5.56. The average Bonchev–Trinajstić information content (AvgIpc) is 3.06. The molecule has 6 heteroatoms. The summed E-state index contributed by atoms with van der Waals surface area (Å²) in [6.07, 6.45) is 3.35. The molecule has 3 aliphatic rings. The highest BCUT2D eigenvalue weighted by Gasteiger charge is 2.60. The lowest BCUT2D eigenvalue weighted by atomic mass is 9.70. The van der Waals surface area contributed by atoms with Crippen LogP contribution in [0.25, 0.3) is 0 Å². The molecule has 150 valence electrons. The summed E-state index contributed by atoms with van der Waals surface area (Å²) in [6.45, 7) is 13.1. The summed E-state index contributed by atoms with van der Waals surface area (Å²) in [4.78, 5) is 15.7. The van der Waals surface area contributed by atoms with Crippen molar-refractivity contribution in [1.29, 1.82) is 0 Å². The molecule has 2 bridgehead atoms. The zero-order chi connectivity index (χ0) is 18.9. The fourth-order valence-corrected chi connectivity index (χ4v) is 5.56. The SMILES string of the molecule is CCOC(=O)N1CCN(C[C@@H](O)CO[C@H]2C(C)(C)[C@@H]3CC[C@]2(C)C3)CC1. The third-order valence-electron chi connectivity index (χ3n) is 6.96. The highest BCUT2D eigenvalue weighted by atomic mass is 16.6. The zero-order valence-electron chi connectivity index (χ0n) is 16.9. The second-order valence-corrected chi connectivity index (χ2v) is 9.27. The lowest BCUT2D eigenvalue weighted by Gasteiger charge is -2.43. The van der Waals surface area contributed by atoms with Crippen molar-refractivity contribution in [1.82, 2.24) is 9.80 Å². The molecule has 1 amide bonds. The van der Waals surface area contributed by atoms with E-state index < -0.39 is 6.10 Å². The van der Waals surface area contributed by atoms with Crippen molar-refractivity contribution in [3.63, 3.8) is 0 Å². The van der Waals surface area contributed by atoms with Gasteiger partial charge in [0.1, 0.15) is 0 Å². The van der Waals surface area contributed by atoms with Crippen LogP contribution in [-0.4, -0.2) is 79.1 Å². The normalized spacial score (nSPS) is 34.9. The van der Waals surface area contributed by atoms with E-state index in [1.807, 2.05) is 6.92 Å². The monoisotopic (exact) mass is 368 g/mol. The Morgan fingerprint density at radius 3 is 2.50 bits per heavy atom. The van der Waals surface area contributed by atoms with E-state index >= 15 is 0 Å². The van der Waals surface area contributed by atoms with Gasteiger partial charge in [-0.3, -0.25) is 4.90 Å². The van der Waals surface area contributed by atoms with Gasteiger partial charge < -0.3 is 19.5 Å². The molecule has 1 aliphatic heterocycles. The van der Waals surface area contributed by atoms with Crippen molar-refractivity contribution in [2.75, 3.05) is 45.9 Å². The number of carbonyl (C=O) groups excluding carboxylic acids is 1. The number of fused-ring (bicyclic) bond motifs is 2. The molecule has 1 heterocycles. The Morgan fingerprint density at radius 2 is 1.92 bits per heavy atom. The average molecular weight is 369 g/mol. The van der Waals surface area contributed by atoms with Gasteiger partial charge in [-0.05, 0) is 42.9 Å². The summed E-state index contributed by atoms with van der Waals surface area (Å²) in [5.41, 5.74) is 0.483. The molecular weight excluding hydrogens is 332 g/mol. The van der Waals surface area contributed by atoms with E-state index in [4.69, 9.17) is 9.47 Å². The Bertz CT molecular complexity index is 499. The second-order valence-electron chi connectivity index (χ2n) is 9.27. The van der Waals surface area contributed by atoms with Gasteiger partial charge in [-0.15, -0.1) is 0 Å². The van der Waals surface area contributed by atoms with Gasteiger partial charge >= 0.3 is 6.09 Å². The molecule has 0 aromatic carbocycles. The second kappa shape index (κ2) is 7.64. The van der Waals surface area contributed by atoms with E-state index in [9.17, 15) is 9.90 Å². The minimum absolute atomic E-state index is 0.206. The number of aliphatic hydroxyl groups is 1. The van der Waals surface area contributed by atoms with Crippen molar-refractivity contribution >= 4 is 6.09 Å². The molecule has 6 nitrogen and oxygen atoms in total. The van der Waals surface area contributed by atoms with Gasteiger partial charge in [-0.2, -0.15) is 0 Å². The van der Waals surface area contributed by atoms with Crippen LogP contribution in [0.5, 0.6) is 0 Å². The molecular formula is C20H36N2O4. The molecule has 0 unspecified atom stereocenters. The summed E-state index contributed by atoms with van der Waals surface area (Å²) in [7, 11) is 0. The van der Waals surface area contributed by atoms with Gasteiger partial charge in [-0.25, -0.2) is 4.79 Å². The lowest BCUT2D eigenvalue weighted by Crippen LogP contribution is -2.51. The van der Waals surface area contributed by atoms with Gasteiger partial charge in [0.2, 0.25) is 0 Å². The van der Waals surface area contributed by atoms with Crippen LogP contribution in [0, 0.1) is 16.7 Å². The van der Waals surface area contributed by atoms with E-state index in [1.165, 1.54) is 19.3 Å². The first kappa shape index (κ1) is 19.9. The third kappa shape index (κ3) is 3.87. The highest BCUT2D eigenvalue weighted by Crippen LogP contribution is 2.63. The van der Waals surface area contributed by atoms with E-state index in [0.29, 0.717) is 32.8 Å². The number of carbonyl (C=O) groups is 1. The summed E-state index contributed by atoms with van der Waals surface area (Å²) in [5.74, 6) is 0.755. The number of piperazine rings is 1. The first-order valence-corrected chi connectivity index (χ1v) is 10.2. The predicted molar refractivity (Wildman–Crippen MR) is 100 cm³/mol. The zero-order valence-corrected chi connectivity index (χ0v) is 16.9. The Labute approximate surface area is 157 Å². The maximum atomic E-state index is 11.7. The maximum Gasteiger partial charge on any atom is 0.409 e. The van der Waals surface area contributed by atoms with Gasteiger partial charge in [0, 0.05) is 32.7 Å². The highest BCUT2D eigenvalue weighted by molar-refractivity contribution is 5.67. The summed E-state index contributed by atoms with van der Waals surface area (Å²) < 4.78 is 11.3. The van der Waals surface area contributed by atoms with Crippen LogP contribution >= 0.6 is 0 Å². The van der Waals surface area contributed by atoms with Crippen molar-refractivity contribution in [3.8, 4) is 0 Å². The molecule has 1 N–H and O–H groups in total. The van der Waals surface area contributed by atoms with Gasteiger partial charge in [-0.1, -0.05) is 20.8 Å².